The van der Waals surface area contributed by atoms with Crippen LogP contribution < -0.4 is 10.5 Å². The molecule has 0 aliphatic carbocycles. The van der Waals surface area contributed by atoms with E-state index in [2.05, 4.69) is 14.9 Å². The summed E-state index contributed by atoms with van der Waals surface area (Å²) < 4.78 is 27.0. The van der Waals surface area contributed by atoms with Crippen molar-refractivity contribution in [1.82, 2.24) is 14.9 Å². The van der Waals surface area contributed by atoms with E-state index in [0.29, 0.717) is 16.9 Å². The molecule has 6 nitrogen and oxygen atoms in total. The van der Waals surface area contributed by atoms with Crippen LogP contribution in [0.4, 0.5) is 5.69 Å². The number of H-pyrrole nitrogens is 1. The van der Waals surface area contributed by atoms with Crippen molar-refractivity contribution in [2.45, 2.75) is 25.3 Å². The first-order chi connectivity index (χ1) is 8.90. The number of nitrogens with zero attached hydrogens (tertiary/aromatic N) is 1. The van der Waals surface area contributed by atoms with E-state index in [1.165, 1.54) is 0 Å². The number of hydrogen-bond acceptors (Lipinski definition) is 4. The molecule has 0 radical (unpaired) electrons. The molecule has 2 aromatic rings. The summed E-state index contributed by atoms with van der Waals surface area (Å²) in [7, 11) is -3.59. The Morgan fingerprint density at radius 3 is 2.74 bits per heavy atom. The molecule has 0 atom stereocenters. The normalized spacial score (nSPS) is 11.7. The van der Waals surface area contributed by atoms with Crippen molar-refractivity contribution < 1.29 is 8.42 Å². The summed E-state index contributed by atoms with van der Waals surface area (Å²) in [4.78, 5) is 0.213. The molecule has 0 aliphatic rings. The van der Waals surface area contributed by atoms with Gasteiger partial charge in [0, 0.05) is 11.9 Å². The maximum absolute atomic E-state index is 12.3. The first-order valence-electron chi connectivity index (χ1n) is 5.75. The van der Waals surface area contributed by atoms with Crippen molar-refractivity contribution in [3.8, 4) is 0 Å². The van der Waals surface area contributed by atoms with Gasteiger partial charge in [-0.2, -0.15) is 5.10 Å². The molecular formula is C12H16N4O2S. The van der Waals surface area contributed by atoms with Crippen LogP contribution in [0.2, 0.25) is 0 Å². The Kier molecular flexibility index (Phi) is 3.59. The van der Waals surface area contributed by atoms with Crippen LogP contribution in [0.3, 0.4) is 0 Å². The fraction of sp³-hybridized carbons (Fsp3) is 0.250. The van der Waals surface area contributed by atoms with Gasteiger partial charge in [0.05, 0.1) is 17.1 Å². The molecule has 0 unspecified atom stereocenters. The van der Waals surface area contributed by atoms with E-state index in [1.807, 2.05) is 6.92 Å². The first-order valence-corrected chi connectivity index (χ1v) is 7.23. The predicted molar refractivity (Wildman–Crippen MR) is 72.9 cm³/mol. The van der Waals surface area contributed by atoms with Gasteiger partial charge in [0.25, 0.3) is 0 Å². The van der Waals surface area contributed by atoms with Gasteiger partial charge in [-0.15, -0.1) is 0 Å². The minimum Gasteiger partial charge on any atom is -0.398 e. The molecule has 0 saturated heterocycles. The van der Waals surface area contributed by atoms with Crippen LogP contribution in [0.15, 0.2) is 29.3 Å². The maximum atomic E-state index is 12.3. The van der Waals surface area contributed by atoms with Crippen LogP contribution in [0, 0.1) is 13.8 Å². The molecule has 2 rings (SSSR count). The molecule has 0 bridgehead atoms. The van der Waals surface area contributed by atoms with Gasteiger partial charge >= 0.3 is 0 Å². The number of sulfonamides is 1. The number of nitrogen functional groups attached to an aromatic ring is 1. The van der Waals surface area contributed by atoms with Crippen LogP contribution in [0.5, 0.6) is 0 Å². The molecule has 7 heteroatoms. The lowest BCUT2D eigenvalue weighted by molar-refractivity contribution is 0.579. The van der Waals surface area contributed by atoms with Crippen LogP contribution in [0.25, 0.3) is 0 Å². The van der Waals surface area contributed by atoms with Gasteiger partial charge in [-0.05, 0) is 43.2 Å². The topological polar surface area (TPSA) is 101 Å². The summed E-state index contributed by atoms with van der Waals surface area (Å²) in [5.41, 5.74) is 8.34. The van der Waals surface area contributed by atoms with Crippen molar-refractivity contribution in [3.63, 3.8) is 0 Å². The number of aromatic nitrogens is 2. The molecule has 0 spiro atoms. The Morgan fingerprint density at radius 1 is 1.37 bits per heavy atom. The zero-order valence-electron chi connectivity index (χ0n) is 10.8. The standard InChI is InChI=1S/C12H16N4O2S/c1-8-5-11(13)9(2)12(6-8)19(17,18)15-7-10-3-4-14-16-10/h3-6,15H,7,13H2,1-2H3,(H,14,16). The average Bonchev–Trinajstić information content (AvgIpc) is 2.84. The second-order valence-electron chi connectivity index (χ2n) is 4.38. The lowest BCUT2D eigenvalue weighted by Crippen LogP contribution is -2.24. The minimum absolute atomic E-state index is 0.162. The predicted octanol–water partition coefficient (Wildman–Crippen LogP) is 1.09. The summed E-state index contributed by atoms with van der Waals surface area (Å²) in [5, 5.41) is 6.46. The number of anilines is 1. The Bertz CT molecular complexity index is 678. The zero-order valence-corrected chi connectivity index (χ0v) is 11.6. The van der Waals surface area contributed by atoms with Crippen LogP contribution >= 0.6 is 0 Å². The Morgan fingerprint density at radius 2 is 2.11 bits per heavy atom. The lowest BCUT2D eigenvalue weighted by Gasteiger charge is -2.11. The fourth-order valence-electron chi connectivity index (χ4n) is 1.77. The number of nitrogens with one attached hydrogen (secondary N) is 2. The van der Waals surface area contributed by atoms with E-state index in [-0.39, 0.29) is 11.4 Å². The van der Waals surface area contributed by atoms with Crippen molar-refractivity contribution in [3.05, 3.63) is 41.2 Å². The third-order valence-corrected chi connectivity index (χ3v) is 4.37. The van der Waals surface area contributed by atoms with Crippen molar-refractivity contribution in [1.29, 1.82) is 0 Å². The van der Waals surface area contributed by atoms with Gasteiger partial charge in [-0.1, -0.05) is 0 Å². The number of nitrogens with two attached hydrogens (primary N) is 1. The SMILES string of the molecule is Cc1cc(N)c(C)c(S(=O)(=O)NCc2ccn[nH]2)c1. The van der Waals surface area contributed by atoms with Gasteiger partial charge in [0.15, 0.2) is 0 Å². The number of aryl methyl sites for hydroxylation is 1. The fourth-order valence-corrected chi connectivity index (χ4v) is 3.13. The molecule has 0 amide bonds. The highest BCUT2D eigenvalue weighted by atomic mass is 32.2. The minimum atomic E-state index is -3.59. The number of hydrogen-bond donors (Lipinski definition) is 3. The Labute approximate surface area is 112 Å². The van der Waals surface area contributed by atoms with Crippen LogP contribution in [-0.2, 0) is 16.6 Å². The summed E-state index contributed by atoms with van der Waals surface area (Å²) in [6.45, 7) is 3.67. The highest BCUT2D eigenvalue weighted by molar-refractivity contribution is 7.89. The zero-order chi connectivity index (χ0) is 14.0. The monoisotopic (exact) mass is 280 g/mol. The van der Waals surface area contributed by atoms with Gasteiger partial charge < -0.3 is 5.73 Å². The van der Waals surface area contributed by atoms with Gasteiger partial charge in [0.2, 0.25) is 10.0 Å². The van der Waals surface area contributed by atoms with Gasteiger partial charge in [-0.3, -0.25) is 5.10 Å². The molecule has 0 fully saturated rings. The molecule has 102 valence electrons. The highest BCUT2D eigenvalue weighted by Crippen LogP contribution is 2.22. The maximum Gasteiger partial charge on any atom is 0.241 e. The molecule has 1 heterocycles. The summed E-state index contributed by atoms with van der Waals surface area (Å²) in [6.07, 6.45) is 1.57. The van der Waals surface area contributed by atoms with Crippen molar-refractivity contribution >= 4 is 15.7 Å². The van der Waals surface area contributed by atoms with E-state index in [4.69, 9.17) is 5.73 Å². The van der Waals surface area contributed by atoms with Gasteiger partial charge in [-0.25, -0.2) is 13.1 Å². The smallest absolute Gasteiger partial charge is 0.241 e. The van der Waals surface area contributed by atoms with Crippen molar-refractivity contribution in [2.24, 2.45) is 0 Å². The first kappa shape index (κ1) is 13.6. The second-order valence-corrected chi connectivity index (χ2v) is 6.12. The van der Waals surface area contributed by atoms with E-state index in [1.54, 1.807) is 31.3 Å². The van der Waals surface area contributed by atoms with Crippen molar-refractivity contribution in [2.75, 3.05) is 5.73 Å². The number of aromatic amines is 1. The quantitative estimate of drug-likeness (QED) is 0.730. The van der Waals surface area contributed by atoms with E-state index < -0.39 is 10.0 Å². The average molecular weight is 280 g/mol. The number of benzene rings is 1. The van der Waals surface area contributed by atoms with E-state index in [9.17, 15) is 8.42 Å². The van der Waals surface area contributed by atoms with E-state index in [0.717, 1.165) is 5.56 Å². The molecule has 1 aromatic carbocycles. The molecule has 0 saturated carbocycles. The highest BCUT2D eigenvalue weighted by Gasteiger charge is 2.18. The molecule has 0 aliphatic heterocycles. The summed E-state index contributed by atoms with van der Waals surface area (Å²) >= 11 is 0. The summed E-state index contributed by atoms with van der Waals surface area (Å²) in [6, 6.07) is 5.07. The molecular weight excluding hydrogens is 264 g/mol. The van der Waals surface area contributed by atoms with E-state index >= 15 is 0 Å². The second kappa shape index (κ2) is 5.02. The lowest BCUT2D eigenvalue weighted by atomic mass is 10.1. The third-order valence-electron chi connectivity index (χ3n) is 2.85. The van der Waals surface area contributed by atoms with Crippen LogP contribution in [0.1, 0.15) is 16.8 Å². The van der Waals surface area contributed by atoms with Gasteiger partial charge in [0.1, 0.15) is 0 Å². The molecule has 19 heavy (non-hydrogen) atoms. The Balaban J connectivity index is 2.29. The number of rotatable bonds is 4. The Hall–Kier alpha value is -1.86. The third kappa shape index (κ3) is 2.94. The largest absolute Gasteiger partial charge is 0.398 e. The molecule has 1 aromatic heterocycles. The van der Waals surface area contributed by atoms with Crippen LogP contribution in [-0.4, -0.2) is 18.6 Å². The molecule has 4 N–H and O–H groups in total. The summed E-state index contributed by atoms with van der Waals surface area (Å²) in [5.74, 6) is 0.